The summed E-state index contributed by atoms with van der Waals surface area (Å²) in [5.41, 5.74) is 0. The maximum absolute atomic E-state index is 11.1. The van der Waals surface area contributed by atoms with E-state index in [1.807, 2.05) is 49.4 Å². The zero-order chi connectivity index (χ0) is 15.5. The largest absolute Gasteiger partial charge is 0.493 e. The van der Waals surface area contributed by atoms with Gasteiger partial charge in [0, 0.05) is 5.92 Å². The first-order valence-electron chi connectivity index (χ1n) is 6.85. The van der Waals surface area contributed by atoms with E-state index in [1.165, 1.54) is 0 Å². The highest BCUT2D eigenvalue weighted by atomic mass is 32.2. The van der Waals surface area contributed by atoms with E-state index in [-0.39, 0.29) is 5.92 Å². The average molecular weight is 308 g/mol. The minimum Gasteiger partial charge on any atom is -0.493 e. The third-order valence-electron chi connectivity index (χ3n) is 3.36. The van der Waals surface area contributed by atoms with Gasteiger partial charge in [-0.2, -0.15) is 8.42 Å². The third-order valence-corrected chi connectivity index (χ3v) is 4.01. The van der Waals surface area contributed by atoms with Gasteiger partial charge in [0.15, 0.2) is 0 Å². The van der Waals surface area contributed by atoms with Crippen LogP contribution in [0.5, 0.6) is 5.75 Å². The Morgan fingerprint density at radius 1 is 1.05 bits per heavy atom. The van der Waals surface area contributed by atoms with Gasteiger partial charge in [-0.1, -0.05) is 37.3 Å². The molecule has 0 saturated carbocycles. The van der Waals surface area contributed by atoms with Gasteiger partial charge in [0.1, 0.15) is 5.75 Å². The molecule has 0 aromatic heterocycles. The van der Waals surface area contributed by atoms with Crippen molar-refractivity contribution in [3.8, 4) is 5.75 Å². The van der Waals surface area contributed by atoms with Crippen molar-refractivity contribution < 1.29 is 17.3 Å². The smallest absolute Gasteiger partial charge is 0.264 e. The van der Waals surface area contributed by atoms with Crippen molar-refractivity contribution in [2.75, 3.05) is 12.9 Å². The molecule has 2 aromatic rings. The summed E-state index contributed by atoms with van der Waals surface area (Å²) in [6.07, 6.45) is 0.640. The van der Waals surface area contributed by atoms with Crippen LogP contribution in [0.3, 0.4) is 0 Å². The van der Waals surface area contributed by atoms with Gasteiger partial charge in [-0.05, 0) is 29.8 Å². The summed E-state index contributed by atoms with van der Waals surface area (Å²) in [7, 11) is -3.44. The topological polar surface area (TPSA) is 52.6 Å². The molecule has 0 spiro atoms. The lowest BCUT2D eigenvalue weighted by Gasteiger charge is -2.19. The first-order chi connectivity index (χ1) is 9.85. The van der Waals surface area contributed by atoms with Crippen molar-refractivity contribution in [3.05, 3.63) is 42.5 Å². The second kappa shape index (κ2) is 6.45. The van der Waals surface area contributed by atoms with E-state index in [2.05, 4.69) is 0 Å². The van der Waals surface area contributed by atoms with Crippen LogP contribution in [0.2, 0.25) is 0 Å². The second-order valence-electron chi connectivity index (χ2n) is 5.30. The van der Waals surface area contributed by atoms with E-state index in [1.54, 1.807) is 6.92 Å². The molecule has 0 heterocycles. The molecular formula is C16H20O4S. The molecule has 0 aliphatic rings. The summed E-state index contributed by atoms with van der Waals surface area (Å²) in [6, 6.07) is 13.9. The monoisotopic (exact) mass is 308 g/mol. The van der Waals surface area contributed by atoms with Gasteiger partial charge in [0.05, 0.1) is 19.0 Å². The van der Waals surface area contributed by atoms with Crippen LogP contribution < -0.4 is 4.74 Å². The molecule has 0 aliphatic carbocycles. The lowest BCUT2D eigenvalue weighted by atomic mass is 10.1. The highest BCUT2D eigenvalue weighted by Crippen LogP contribution is 2.21. The predicted molar refractivity (Wildman–Crippen MR) is 84.0 cm³/mol. The average Bonchev–Trinajstić information content (AvgIpc) is 2.42. The Hall–Kier alpha value is -1.59. The van der Waals surface area contributed by atoms with Crippen molar-refractivity contribution >= 4 is 20.9 Å². The van der Waals surface area contributed by atoms with E-state index in [4.69, 9.17) is 8.92 Å². The number of hydrogen-bond donors (Lipinski definition) is 0. The number of hydrogen-bond acceptors (Lipinski definition) is 4. The van der Waals surface area contributed by atoms with E-state index in [0.717, 1.165) is 22.8 Å². The fourth-order valence-electron chi connectivity index (χ4n) is 1.99. The first-order valence-corrected chi connectivity index (χ1v) is 8.66. The standard InChI is InChI=1S/C16H20O4S/c1-12(13(2)20-21(3,17)18)11-19-16-9-8-14-6-4-5-7-15(14)10-16/h4-10,12-13H,11H2,1-3H3. The van der Waals surface area contributed by atoms with Crippen molar-refractivity contribution in [1.29, 1.82) is 0 Å². The molecule has 2 atom stereocenters. The maximum Gasteiger partial charge on any atom is 0.264 e. The molecule has 0 N–H and O–H groups in total. The first kappa shape index (κ1) is 15.8. The molecule has 0 amide bonds. The Labute approximate surface area is 125 Å². The van der Waals surface area contributed by atoms with E-state index < -0.39 is 16.2 Å². The zero-order valence-electron chi connectivity index (χ0n) is 12.4. The Morgan fingerprint density at radius 3 is 2.38 bits per heavy atom. The molecule has 0 fully saturated rings. The molecule has 0 aliphatic heterocycles. The van der Waals surface area contributed by atoms with Crippen molar-refractivity contribution in [2.24, 2.45) is 5.92 Å². The van der Waals surface area contributed by atoms with Crippen molar-refractivity contribution in [3.63, 3.8) is 0 Å². The number of fused-ring (bicyclic) bond motifs is 1. The lowest BCUT2D eigenvalue weighted by Crippen LogP contribution is -2.26. The van der Waals surface area contributed by atoms with E-state index >= 15 is 0 Å². The summed E-state index contributed by atoms with van der Waals surface area (Å²) >= 11 is 0. The Balaban J connectivity index is 1.97. The highest BCUT2D eigenvalue weighted by molar-refractivity contribution is 7.86. The van der Waals surface area contributed by atoms with E-state index in [9.17, 15) is 8.42 Å². The van der Waals surface area contributed by atoms with Gasteiger partial charge < -0.3 is 4.74 Å². The minimum absolute atomic E-state index is 0.0359. The highest BCUT2D eigenvalue weighted by Gasteiger charge is 2.18. The van der Waals surface area contributed by atoms with Gasteiger partial charge in [-0.15, -0.1) is 0 Å². The Kier molecular flexibility index (Phi) is 4.85. The third kappa shape index (κ3) is 4.72. The summed E-state index contributed by atoms with van der Waals surface area (Å²) < 4.78 is 32.9. The molecule has 114 valence electrons. The Bertz CT molecular complexity index is 709. The van der Waals surface area contributed by atoms with Gasteiger partial charge in [-0.25, -0.2) is 0 Å². The maximum atomic E-state index is 11.1. The second-order valence-corrected chi connectivity index (χ2v) is 6.90. The van der Waals surface area contributed by atoms with Crippen molar-refractivity contribution in [1.82, 2.24) is 0 Å². The van der Waals surface area contributed by atoms with E-state index in [0.29, 0.717) is 6.61 Å². The molecular weight excluding hydrogens is 288 g/mol. The molecule has 0 bridgehead atoms. The summed E-state index contributed by atoms with van der Waals surface area (Å²) in [4.78, 5) is 0. The molecule has 2 rings (SSSR count). The molecule has 2 aromatic carbocycles. The number of ether oxygens (including phenoxy) is 1. The lowest BCUT2D eigenvalue weighted by molar-refractivity contribution is 0.126. The molecule has 2 unspecified atom stereocenters. The van der Waals surface area contributed by atoms with Crippen LogP contribution >= 0.6 is 0 Å². The SMILES string of the molecule is CC(COc1ccc2ccccc2c1)C(C)OS(C)(=O)=O. The quantitative estimate of drug-likeness (QED) is 0.769. The summed E-state index contributed by atoms with van der Waals surface area (Å²) in [5, 5.41) is 2.27. The van der Waals surface area contributed by atoms with Gasteiger partial charge in [-0.3, -0.25) is 4.18 Å². The zero-order valence-corrected chi connectivity index (χ0v) is 13.3. The molecule has 0 radical (unpaired) electrons. The fraction of sp³-hybridized carbons (Fsp3) is 0.375. The predicted octanol–water partition coefficient (Wildman–Crippen LogP) is 3.22. The summed E-state index contributed by atoms with van der Waals surface area (Å²) in [5.74, 6) is 0.735. The van der Waals surface area contributed by atoms with Crippen LogP contribution in [-0.2, 0) is 14.3 Å². The normalized spacial score (nSPS) is 14.8. The van der Waals surface area contributed by atoms with Gasteiger partial charge >= 0.3 is 0 Å². The molecule has 21 heavy (non-hydrogen) atoms. The van der Waals surface area contributed by atoms with Crippen LogP contribution in [0.15, 0.2) is 42.5 Å². The van der Waals surface area contributed by atoms with Crippen LogP contribution in [0.4, 0.5) is 0 Å². The molecule has 5 heteroatoms. The number of rotatable bonds is 6. The van der Waals surface area contributed by atoms with Crippen molar-refractivity contribution in [2.45, 2.75) is 20.0 Å². The van der Waals surface area contributed by atoms with Gasteiger partial charge in [0.25, 0.3) is 10.1 Å². The van der Waals surface area contributed by atoms with Crippen LogP contribution in [0.1, 0.15) is 13.8 Å². The summed E-state index contributed by atoms with van der Waals surface area (Å²) in [6.45, 7) is 4.03. The fourth-order valence-corrected chi connectivity index (χ4v) is 2.73. The van der Waals surface area contributed by atoms with Crippen LogP contribution in [0, 0.1) is 5.92 Å². The Morgan fingerprint density at radius 2 is 1.71 bits per heavy atom. The van der Waals surface area contributed by atoms with Crippen LogP contribution in [0.25, 0.3) is 10.8 Å². The molecule has 4 nitrogen and oxygen atoms in total. The van der Waals surface area contributed by atoms with Crippen LogP contribution in [-0.4, -0.2) is 27.4 Å². The minimum atomic E-state index is -3.44. The number of benzene rings is 2. The van der Waals surface area contributed by atoms with Gasteiger partial charge in [0.2, 0.25) is 0 Å². The molecule has 0 saturated heterocycles.